The third-order valence-electron chi connectivity index (χ3n) is 23.5. The van der Waals surface area contributed by atoms with Gasteiger partial charge >= 0.3 is 558 Å². The van der Waals surface area contributed by atoms with Crippen molar-refractivity contribution in [2.45, 2.75) is 0 Å². The summed E-state index contributed by atoms with van der Waals surface area (Å²) < 4.78 is 2.73. The molecule has 0 aliphatic carbocycles. The molecule has 484 valence electrons. The van der Waals surface area contributed by atoms with Gasteiger partial charge in [-0.05, 0) is 0 Å². The zero-order chi connectivity index (χ0) is 68.0. The molecule has 0 unspecified atom stereocenters. The molecule has 0 spiro atoms. The van der Waals surface area contributed by atoms with Gasteiger partial charge in [0, 0.05) is 0 Å². The van der Waals surface area contributed by atoms with Crippen LogP contribution in [0.1, 0.15) is 0 Å². The molecule has 25 rings (SSSR count). The number of hydrogen-bond acceptors (Lipinski definition) is 8. The van der Waals surface area contributed by atoms with Gasteiger partial charge in [0.1, 0.15) is 0 Å². The first kappa shape index (κ1) is 56.5. The van der Waals surface area contributed by atoms with Crippen LogP contribution in [0.5, 0.6) is 0 Å². The molecule has 1 aromatic heterocycles. The van der Waals surface area contributed by atoms with Crippen LogP contribution in [0.4, 0.5) is 136 Å². The molecule has 0 amide bonds. The van der Waals surface area contributed by atoms with Crippen molar-refractivity contribution in [3.05, 3.63) is 340 Å². The Hall–Kier alpha value is -13.2. The Labute approximate surface area is 614 Å². The van der Waals surface area contributed by atoms with Crippen LogP contribution in [-0.4, -0.2) is 27.9 Å². The van der Waals surface area contributed by atoms with E-state index in [1.54, 1.807) is 0 Å². The minimum atomic E-state index is -0.227. The van der Waals surface area contributed by atoms with Gasteiger partial charge in [-0.2, -0.15) is 0 Å². The first-order valence-electron chi connectivity index (χ1n) is 36.3. The molecule has 0 N–H and O–H groups in total. The average Bonchev–Trinajstić information content (AvgIpc) is 1.49. The van der Waals surface area contributed by atoms with Crippen molar-refractivity contribution in [3.8, 4) is 42.3 Å². The van der Waals surface area contributed by atoms with Crippen LogP contribution in [0.2, 0.25) is 0 Å². The van der Waals surface area contributed by atoms with Crippen LogP contribution in [0.3, 0.4) is 0 Å². The molecular weight excluding hydrogens is 1340 g/mol. The van der Waals surface area contributed by atoms with Gasteiger partial charge < -0.3 is 0 Å². The van der Waals surface area contributed by atoms with Crippen molar-refractivity contribution < 1.29 is 0 Å². The van der Waals surface area contributed by atoms with Gasteiger partial charge in [0.15, 0.2) is 0 Å². The fraction of sp³-hybridized carbons (Fsp3) is 0. The van der Waals surface area contributed by atoms with Crippen LogP contribution in [0.25, 0.3) is 42.3 Å². The number of anilines is 24. The summed E-state index contributed by atoms with van der Waals surface area (Å²) >= 11 is -0.181. The average molecular weight is 1400 g/mol. The van der Waals surface area contributed by atoms with E-state index in [1.807, 2.05) is 0 Å². The molecule has 0 saturated carbocycles. The maximum atomic E-state index is 2.82. The van der Waals surface area contributed by atoms with Crippen molar-refractivity contribution >= 4 is 197 Å². The van der Waals surface area contributed by atoms with E-state index in [0.717, 1.165) is 62.6 Å². The molecule has 8 nitrogen and oxygen atoms in total. The molecule has 9 aliphatic rings. The van der Waals surface area contributed by atoms with E-state index < -0.39 is 0 Å². The second-order valence-electron chi connectivity index (χ2n) is 28.6. The third kappa shape index (κ3) is 7.23. The summed E-state index contributed by atoms with van der Waals surface area (Å²) in [5, 5.41) is 0. The van der Waals surface area contributed by atoms with Crippen LogP contribution >= 0.6 is 0 Å². The van der Waals surface area contributed by atoms with Gasteiger partial charge in [0.2, 0.25) is 0 Å². The van der Waals surface area contributed by atoms with Crippen LogP contribution in [-0.2, 0) is 0 Å². The van der Waals surface area contributed by atoms with Crippen molar-refractivity contribution in [1.29, 1.82) is 0 Å². The van der Waals surface area contributed by atoms with Gasteiger partial charge in [0.05, 0.1) is 0 Å². The first-order chi connectivity index (χ1) is 52.2. The Kier molecular flexibility index (Phi) is 11.2. The number of nitrogens with zero attached hydrogens (tertiary/aromatic N) is 8. The van der Waals surface area contributed by atoms with E-state index in [4.69, 9.17) is 0 Å². The zero-order valence-electron chi connectivity index (χ0n) is 56.5. The van der Waals surface area contributed by atoms with E-state index in [9.17, 15) is 0 Å². The van der Waals surface area contributed by atoms with Crippen molar-refractivity contribution in [3.63, 3.8) is 0 Å². The van der Waals surface area contributed by atoms with E-state index in [2.05, 4.69) is 379 Å². The van der Waals surface area contributed by atoms with Gasteiger partial charge in [-0.3, -0.25) is 0 Å². The zero-order valence-corrected chi connectivity index (χ0v) is 58.2. The molecule has 10 heterocycles. The van der Waals surface area contributed by atoms with E-state index in [0.29, 0.717) is 0 Å². The summed E-state index contributed by atoms with van der Waals surface area (Å²) in [5.41, 5.74) is 43.3. The SMILES string of the molecule is c1ccc(-c2cc3c4c(c2)N(c2ccccc2)c2cccc5c2N4c2c(ccc4c2B3c2ccc3c6c2N4c2c(-c4ccccc4)[se]c(-c4ccccc4)c2N6c2ccc4c6c2B3c2ccc(-c3ccccc3)c3c2N6c2c(cccc2N3c2ccccc2)N4c2ccccc2)N5c2ccccc2)cc1. The summed E-state index contributed by atoms with van der Waals surface area (Å²) in [7, 11) is 0. The number of benzene rings is 15. The normalized spacial score (nSPS) is 14.3. The second kappa shape index (κ2) is 20.8. The monoisotopic (exact) mass is 1400 g/mol. The minimum absolute atomic E-state index is 0.181. The molecule has 9 aliphatic heterocycles. The van der Waals surface area contributed by atoms with E-state index in [-0.39, 0.29) is 27.9 Å². The fourth-order valence-electron chi connectivity index (χ4n) is 19.6. The molecule has 16 aromatic rings. The molecule has 105 heavy (non-hydrogen) atoms. The first-order valence-corrected chi connectivity index (χ1v) is 38.0. The Morgan fingerprint density at radius 2 is 0.524 bits per heavy atom. The predicted octanol–water partition coefficient (Wildman–Crippen LogP) is 21.0. The molecule has 11 heteroatoms. The molecule has 0 fully saturated rings. The topological polar surface area (TPSA) is 25.9 Å². The molecule has 0 atom stereocenters. The summed E-state index contributed by atoms with van der Waals surface area (Å²) in [6, 6.07) is 129. The quantitative estimate of drug-likeness (QED) is 0.139. The Morgan fingerprint density at radius 1 is 0.181 bits per heavy atom. The van der Waals surface area contributed by atoms with Gasteiger partial charge in [0.25, 0.3) is 0 Å². The summed E-state index contributed by atoms with van der Waals surface area (Å²) in [6.07, 6.45) is 0. The maximum absolute atomic E-state index is 2.82. The number of rotatable bonds is 8. The standard InChI is InChI=1S/C94H56B2N8Se/c1-9-27-57(28-10-1)61-55-70-83-79(56-61)99(64-39-21-7-22-40-64)75-45-25-43-73-87(75)103(83)89-77(97(73)62-35-17-5-18-36-62)53-52-72-81(89)96(70)69-50-49-68-85-86(69)102(72)92-91(93(59-31-13-3-14-32-59)105-94(92)60-33-15-4-16-34-60)101(85)71-51-54-78-90-80(71)95(68)67-48-47-66(58-29-11-2-12-30-58)82-84(67)104(90)88-74(98(78)63-37-19-6-20-38-63)44-26-46-76(88)100(82)65-41-23-8-24-42-65/h1-56H. The molecule has 15 aromatic carbocycles. The predicted molar refractivity (Wildman–Crippen MR) is 440 cm³/mol. The summed E-state index contributed by atoms with van der Waals surface area (Å²) in [5.74, 6) is 0. The number of fused-ring (bicyclic) bond motifs is 9. The van der Waals surface area contributed by atoms with Gasteiger partial charge in [-0.15, -0.1) is 0 Å². The van der Waals surface area contributed by atoms with Crippen LogP contribution in [0.15, 0.2) is 340 Å². The Bertz CT molecular complexity index is 6460. The molecule has 0 radical (unpaired) electrons. The van der Waals surface area contributed by atoms with Crippen molar-refractivity contribution in [2.75, 3.05) is 39.2 Å². The van der Waals surface area contributed by atoms with Gasteiger partial charge in [-0.1, -0.05) is 60.7 Å². The molecular formula is C94H56B2N8Se. The van der Waals surface area contributed by atoms with Crippen LogP contribution in [0, 0.1) is 0 Å². The van der Waals surface area contributed by atoms with Crippen molar-refractivity contribution in [2.24, 2.45) is 0 Å². The Balaban J connectivity index is 0.848. The van der Waals surface area contributed by atoms with Crippen molar-refractivity contribution in [1.82, 2.24) is 0 Å². The molecule has 0 saturated heterocycles. The van der Waals surface area contributed by atoms with E-state index in [1.165, 1.54) is 149 Å². The van der Waals surface area contributed by atoms with Gasteiger partial charge in [-0.25, -0.2) is 0 Å². The third-order valence-corrected chi connectivity index (χ3v) is 26.1. The number of hydrogen-bond donors (Lipinski definition) is 0. The fourth-order valence-corrected chi connectivity index (χ4v) is 22.3. The Morgan fingerprint density at radius 3 is 0.981 bits per heavy atom. The summed E-state index contributed by atoms with van der Waals surface area (Å²) in [4.78, 5) is 21.3. The van der Waals surface area contributed by atoms with Crippen LogP contribution < -0.4 is 72.0 Å². The van der Waals surface area contributed by atoms with E-state index >= 15 is 0 Å². The summed E-state index contributed by atoms with van der Waals surface area (Å²) in [6.45, 7) is -0.443. The number of para-hydroxylation sites is 6. The molecule has 0 bridgehead atoms. The second-order valence-corrected chi connectivity index (χ2v) is 30.8.